The van der Waals surface area contributed by atoms with Gasteiger partial charge in [0.25, 0.3) is 0 Å². The Bertz CT molecular complexity index is 371. The molecule has 1 unspecified atom stereocenters. The Kier molecular flexibility index (Phi) is 5.20. The van der Waals surface area contributed by atoms with Crippen LogP contribution in [0.15, 0.2) is 18.2 Å². The van der Waals surface area contributed by atoms with E-state index in [-0.39, 0.29) is 10.6 Å². The Hall–Kier alpha value is -0.630. The lowest BCUT2D eigenvalue weighted by Gasteiger charge is -2.11. The Morgan fingerprint density at radius 2 is 2.06 bits per heavy atom. The summed E-state index contributed by atoms with van der Waals surface area (Å²) in [6.07, 6.45) is 3.14. The van der Waals surface area contributed by atoms with E-state index in [1.54, 1.807) is 0 Å². The molecule has 0 aliphatic rings. The molecule has 1 aromatic rings. The molecule has 16 heavy (non-hydrogen) atoms. The van der Waals surface area contributed by atoms with Crippen LogP contribution in [0, 0.1) is 13.8 Å². The maximum absolute atomic E-state index is 12.2. The molecule has 1 nitrogen and oxygen atoms in total. The summed E-state index contributed by atoms with van der Waals surface area (Å²) in [6, 6.07) is 6.04. The number of aryl methyl sites for hydroxylation is 2. The molecule has 0 saturated heterocycles. The fraction of sp³-hybridized carbons (Fsp3) is 0.500. The largest absolute Gasteiger partial charge is 0.293 e. The minimum Gasteiger partial charge on any atom is -0.293 e. The van der Waals surface area contributed by atoms with Crippen LogP contribution >= 0.6 is 15.9 Å². The second kappa shape index (κ2) is 6.19. The molecule has 1 atom stereocenters. The number of rotatable bonds is 5. The molecule has 0 aliphatic heterocycles. The summed E-state index contributed by atoms with van der Waals surface area (Å²) in [5.41, 5.74) is 3.07. The third-order valence-corrected chi connectivity index (χ3v) is 3.63. The second-order valence-corrected chi connectivity index (χ2v) is 5.40. The first kappa shape index (κ1) is 13.4. The first-order valence-electron chi connectivity index (χ1n) is 5.81. The molecule has 0 heterocycles. The predicted octanol–water partition coefficient (Wildman–Crippen LogP) is 4.44. The van der Waals surface area contributed by atoms with Gasteiger partial charge in [-0.3, -0.25) is 4.79 Å². The van der Waals surface area contributed by atoms with Crippen LogP contribution in [0.2, 0.25) is 0 Å². The lowest BCUT2D eigenvalue weighted by atomic mass is 9.98. The van der Waals surface area contributed by atoms with E-state index in [1.165, 1.54) is 0 Å². The van der Waals surface area contributed by atoms with Gasteiger partial charge in [0.05, 0.1) is 4.83 Å². The number of Topliss-reactive ketones (excluding diaryl/α,β-unsaturated/α-hetero) is 1. The molecule has 0 radical (unpaired) electrons. The van der Waals surface area contributed by atoms with Gasteiger partial charge in [0.2, 0.25) is 0 Å². The van der Waals surface area contributed by atoms with E-state index in [1.807, 2.05) is 32.0 Å². The van der Waals surface area contributed by atoms with Gasteiger partial charge < -0.3 is 0 Å². The lowest BCUT2D eigenvalue weighted by Crippen LogP contribution is -2.15. The zero-order valence-electron chi connectivity index (χ0n) is 10.2. The van der Waals surface area contributed by atoms with Gasteiger partial charge in [-0.2, -0.15) is 0 Å². The number of carbonyl (C=O) groups excluding carboxylic acids is 1. The number of hydrogen-bond donors (Lipinski definition) is 0. The predicted molar refractivity (Wildman–Crippen MR) is 72.5 cm³/mol. The highest BCUT2D eigenvalue weighted by Gasteiger charge is 2.17. The van der Waals surface area contributed by atoms with Crippen molar-refractivity contribution in [3.05, 3.63) is 34.9 Å². The molecule has 0 N–H and O–H groups in total. The van der Waals surface area contributed by atoms with Gasteiger partial charge in [-0.1, -0.05) is 53.4 Å². The minimum atomic E-state index is -0.0343. The fourth-order valence-corrected chi connectivity index (χ4v) is 2.25. The zero-order valence-corrected chi connectivity index (χ0v) is 11.8. The van der Waals surface area contributed by atoms with Gasteiger partial charge in [0, 0.05) is 5.56 Å². The van der Waals surface area contributed by atoms with Crippen molar-refractivity contribution < 1.29 is 4.79 Å². The molecule has 88 valence electrons. The van der Waals surface area contributed by atoms with Crippen molar-refractivity contribution in [2.24, 2.45) is 0 Å². The molecular weight excluding hydrogens is 264 g/mol. The third-order valence-electron chi connectivity index (χ3n) is 2.75. The normalized spacial score (nSPS) is 12.5. The van der Waals surface area contributed by atoms with E-state index < -0.39 is 0 Å². The van der Waals surface area contributed by atoms with Crippen molar-refractivity contribution in [1.29, 1.82) is 0 Å². The second-order valence-electron chi connectivity index (χ2n) is 4.29. The van der Waals surface area contributed by atoms with E-state index in [2.05, 4.69) is 22.9 Å². The van der Waals surface area contributed by atoms with Gasteiger partial charge in [-0.05, 0) is 31.9 Å². The topological polar surface area (TPSA) is 17.1 Å². The molecule has 0 aromatic heterocycles. The van der Waals surface area contributed by atoms with Crippen molar-refractivity contribution in [1.82, 2.24) is 0 Å². The van der Waals surface area contributed by atoms with E-state index in [0.29, 0.717) is 0 Å². The summed E-state index contributed by atoms with van der Waals surface area (Å²) in [4.78, 5) is 12.1. The molecule has 0 fully saturated rings. The summed E-state index contributed by atoms with van der Waals surface area (Å²) in [7, 11) is 0. The van der Waals surface area contributed by atoms with Gasteiger partial charge in [-0.15, -0.1) is 0 Å². The smallest absolute Gasteiger partial charge is 0.176 e. The summed E-state index contributed by atoms with van der Waals surface area (Å²) >= 11 is 3.49. The lowest BCUT2D eigenvalue weighted by molar-refractivity contribution is 0.0987. The SMILES string of the molecule is CCCCC(Br)C(=O)c1cc(C)ccc1C. The Morgan fingerprint density at radius 3 is 2.69 bits per heavy atom. The molecule has 2 heteroatoms. The molecule has 0 amide bonds. The van der Waals surface area contributed by atoms with Gasteiger partial charge >= 0.3 is 0 Å². The minimum absolute atomic E-state index is 0.0343. The highest BCUT2D eigenvalue weighted by molar-refractivity contribution is 9.10. The van der Waals surface area contributed by atoms with E-state index in [9.17, 15) is 4.79 Å². The first-order chi connectivity index (χ1) is 7.56. The number of halogens is 1. The van der Waals surface area contributed by atoms with Crippen molar-refractivity contribution in [2.45, 2.75) is 44.9 Å². The molecule has 0 spiro atoms. The molecule has 0 aliphatic carbocycles. The Labute approximate surface area is 106 Å². The molecule has 1 aromatic carbocycles. The number of benzene rings is 1. The first-order valence-corrected chi connectivity index (χ1v) is 6.73. The maximum atomic E-state index is 12.2. The number of ketones is 1. The fourth-order valence-electron chi connectivity index (χ4n) is 1.68. The van der Waals surface area contributed by atoms with Crippen LogP contribution < -0.4 is 0 Å². The number of carbonyl (C=O) groups is 1. The van der Waals surface area contributed by atoms with Crippen LogP contribution in [-0.2, 0) is 0 Å². The summed E-state index contributed by atoms with van der Waals surface area (Å²) in [6.45, 7) is 6.15. The van der Waals surface area contributed by atoms with E-state index >= 15 is 0 Å². The monoisotopic (exact) mass is 282 g/mol. The summed E-state index contributed by atoms with van der Waals surface area (Å²) < 4.78 is 0. The van der Waals surface area contributed by atoms with Crippen LogP contribution in [0.25, 0.3) is 0 Å². The third kappa shape index (κ3) is 3.44. The highest BCUT2D eigenvalue weighted by Crippen LogP contribution is 2.19. The average Bonchev–Trinajstić information content (AvgIpc) is 2.28. The van der Waals surface area contributed by atoms with Crippen LogP contribution in [0.5, 0.6) is 0 Å². The Morgan fingerprint density at radius 1 is 1.38 bits per heavy atom. The van der Waals surface area contributed by atoms with E-state index in [4.69, 9.17) is 0 Å². The van der Waals surface area contributed by atoms with Crippen molar-refractivity contribution in [3.8, 4) is 0 Å². The number of alkyl halides is 1. The van der Waals surface area contributed by atoms with Crippen molar-refractivity contribution >= 4 is 21.7 Å². The van der Waals surface area contributed by atoms with Gasteiger partial charge in [0.15, 0.2) is 5.78 Å². The van der Waals surface area contributed by atoms with Gasteiger partial charge in [-0.25, -0.2) is 0 Å². The average molecular weight is 283 g/mol. The summed E-state index contributed by atoms with van der Waals surface area (Å²) in [5, 5.41) is 0. The van der Waals surface area contributed by atoms with Crippen molar-refractivity contribution in [2.75, 3.05) is 0 Å². The van der Waals surface area contributed by atoms with Crippen LogP contribution in [0.3, 0.4) is 0 Å². The molecular formula is C14H19BrO. The molecule has 1 rings (SSSR count). The Balaban J connectivity index is 2.83. The highest BCUT2D eigenvalue weighted by atomic mass is 79.9. The van der Waals surface area contributed by atoms with Crippen LogP contribution in [0.1, 0.15) is 47.7 Å². The molecule has 0 bridgehead atoms. The van der Waals surface area contributed by atoms with E-state index in [0.717, 1.165) is 36.0 Å². The zero-order chi connectivity index (χ0) is 12.1. The summed E-state index contributed by atoms with van der Waals surface area (Å²) in [5.74, 6) is 0.217. The molecule has 0 saturated carbocycles. The quantitative estimate of drug-likeness (QED) is 0.576. The number of unbranched alkanes of at least 4 members (excludes halogenated alkanes) is 1. The van der Waals surface area contributed by atoms with Gasteiger partial charge in [0.1, 0.15) is 0 Å². The number of hydrogen-bond acceptors (Lipinski definition) is 1. The van der Waals surface area contributed by atoms with Crippen LogP contribution in [0.4, 0.5) is 0 Å². The standard InChI is InChI=1S/C14H19BrO/c1-4-5-6-13(15)14(16)12-9-10(2)7-8-11(12)3/h7-9,13H,4-6H2,1-3H3. The van der Waals surface area contributed by atoms with Crippen molar-refractivity contribution in [3.63, 3.8) is 0 Å². The van der Waals surface area contributed by atoms with Crippen LogP contribution in [-0.4, -0.2) is 10.6 Å². The maximum Gasteiger partial charge on any atom is 0.176 e.